The van der Waals surface area contributed by atoms with Gasteiger partial charge >= 0.3 is 0 Å². The molecule has 0 aliphatic rings. The van der Waals surface area contributed by atoms with Gasteiger partial charge in [-0.1, -0.05) is 13.3 Å². The Morgan fingerprint density at radius 2 is 1.81 bits per heavy atom. The largest absolute Gasteiger partial charge is 0.399 e. The highest BCUT2D eigenvalue weighted by molar-refractivity contribution is 7.89. The zero-order valence-electron chi connectivity index (χ0n) is 9.68. The lowest BCUT2D eigenvalue weighted by Gasteiger charge is -2.16. The second kappa shape index (κ2) is 5.32. The van der Waals surface area contributed by atoms with Gasteiger partial charge in [0.2, 0.25) is 10.0 Å². The molecule has 0 radical (unpaired) electrons. The average molecular weight is 242 g/mol. The van der Waals surface area contributed by atoms with E-state index in [2.05, 4.69) is 0 Å². The second-order valence-electron chi connectivity index (χ2n) is 3.75. The molecule has 0 aromatic heterocycles. The number of nitrogens with zero attached hydrogens (tertiary/aromatic N) is 1. The Labute approximate surface area is 97.1 Å². The Morgan fingerprint density at radius 1 is 1.25 bits per heavy atom. The van der Waals surface area contributed by atoms with Crippen molar-refractivity contribution < 1.29 is 8.42 Å². The minimum absolute atomic E-state index is 0.292. The van der Waals surface area contributed by atoms with E-state index in [0.717, 1.165) is 12.8 Å². The van der Waals surface area contributed by atoms with Gasteiger partial charge in [-0.3, -0.25) is 0 Å². The van der Waals surface area contributed by atoms with Crippen molar-refractivity contribution in [2.75, 3.05) is 19.3 Å². The summed E-state index contributed by atoms with van der Waals surface area (Å²) in [4.78, 5) is 0.292. The van der Waals surface area contributed by atoms with E-state index >= 15 is 0 Å². The van der Waals surface area contributed by atoms with Gasteiger partial charge in [0.05, 0.1) is 4.90 Å². The van der Waals surface area contributed by atoms with Crippen molar-refractivity contribution in [2.24, 2.45) is 0 Å². The summed E-state index contributed by atoms with van der Waals surface area (Å²) in [6.45, 7) is 2.58. The monoisotopic (exact) mass is 242 g/mol. The first kappa shape index (κ1) is 13.0. The third-order valence-corrected chi connectivity index (χ3v) is 4.29. The van der Waals surface area contributed by atoms with Gasteiger partial charge in [0.15, 0.2) is 0 Å². The predicted molar refractivity (Wildman–Crippen MR) is 65.6 cm³/mol. The quantitative estimate of drug-likeness (QED) is 0.799. The molecule has 0 unspecified atom stereocenters. The molecule has 1 aromatic carbocycles. The van der Waals surface area contributed by atoms with Gasteiger partial charge in [-0.15, -0.1) is 0 Å². The zero-order chi connectivity index (χ0) is 12.2. The lowest BCUT2D eigenvalue weighted by Crippen LogP contribution is -2.27. The van der Waals surface area contributed by atoms with Crippen molar-refractivity contribution in [3.63, 3.8) is 0 Å². The van der Waals surface area contributed by atoms with Crippen molar-refractivity contribution in [2.45, 2.75) is 24.7 Å². The molecule has 0 saturated carbocycles. The van der Waals surface area contributed by atoms with Crippen LogP contribution in [-0.2, 0) is 10.0 Å². The summed E-state index contributed by atoms with van der Waals surface area (Å²) in [5.74, 6) is 0. The molecular weight excluding hydrogens is 224 g/mol. The maximum atomic E-state index is 12.0. The first-order valence-corrected chi connectivity index (χ1v) is 6.74. The van der Waals surface area contributed by atoms with Crippen LogP contribution in [0.15, 0.2) is 29.2 Å². The van der Waals surface area contributed by atoms with Crippen molar-refractivity contribution in [3.8, 4) is 0 Å². The molecule has 0 amide bonds. The van der Waals surface area contributed by atoms with Crippen molar-refractivity contribution in [1.82, 2.24) is 4.31 Å². The summed E-state index contributed by atoms with van der Waals surface area (Å²) in [6.07, 6.45) is 1.84. The predicted octanol–water partition coefficient (Wildman–Crippen LogP) is 1.69. The topological polar surface area (TPSA) is 63.4 Å². The van der Waals surface area contributed by atoms with E-state index in [0.29, 0.717) is 17.1 Å². The summed E-state index contributed by atoms with van der Waals surface area (Å²) < 4.78 is 25.4. The molecule has 0 bridgehead atoms. The molecule has 0 aliphatic heterocycles. The number of rotatable bonds is 5. The van der Waals surface area contributed by atoms with Crippen LogP contribution >= 0.6 is 0 Å². The summed E-state index contributed by atoms with van der Waals surface area (Å²) in [6, 6.07) is 6.27. The van der Waals surface area contributed by atoms with E-state index < -0.39 is 10.0 Å². The van der Waals surface area contributed by atoms with Crippen molar-refractivity contribution in [1.29, 1.82) is 0 Å². The number of benzene rings is 1. The molecule has 1 aromatic rings. The maximum Gasteiger partial charge on any atom is 0.242 e. The van der Waals surface area contributed by atoms with Gasteiger partial charge in [0.1, 0.15) is 0 Å². The molecule has 0 spiro atoms. The normalized spacial score (nSPS) is 11.9. The van der Waals surface area contributed by atoms with E-state index in [-0.39, 0.29) is 0 Å². The Balaban J connectivity index is 2.89. The average Bonchev–Trinajstić information content (AvgIpc) is 2.26. The minimum atomic E-state index is -3.35. The molecule has 5 heteroatoms. The van der Waals surface area contributed by atoms with Gasteiger partial charge in [-0.2, -0.15) is 0 Å². The SMILES string of the molecule is CCCCN(C)S(=O)(=O)c1ccc(N)cc1. The number of anilines is 1. The number of nitrogen functional groups attached to an aromatic ring is 1. The highest BCUT2D eigenvalue weighted by atomic mass is 32.2. The molecule has 0 saturated heterocycles. The van der Waals surface area contributed by atoms with Crippen molar-refractivity contribution in [3.05, 3.63) is 24.3 Å². The van der Waals surface area contributed by atoms with Crippen molar-refractivity contribution >= 4 is 15.7 Å². The van der Waals surface area contributed by atoms with Crippen LogP contribution in [0.4, 0.5) is 5.69 Å². The third-order valence-electron chi connectivity index (χ3n) is 2.41. The molecule has 1 rings (SSSR count). The van der Waals surface area contributed by atoms with Crippen LogP contribution in [0.5, 0.6) is 0 Å². The lowest BCUT2D eigenvalue weighted by atomic mass is 10.3. The van der Waals surface area contributed by atoms with Crippen LogP contribution in [0.1, 0.15) is 19.8 Å². The fourth-order valence-electron chi connectivity index (χ4n) is 1.32. The highest BCUT2D eigenvalue weighted by Gasteiger charge is 2.19. The fraction of sp³-hybridized carbons (Fsp3) is 0.455. The Morgan fingerprint density at radius 3 is 2.31 bits per heavy atom. The lowest BCUT2D eigenvalue weighted by molar-refractivity contribution is 0.459. The number of hydrogen-bond donors (Lipinski definition) is 1. The third kappa shape index (κ3) is 2.96. The van der Waals surface area contributed by atoms with Crippen LogP contribution in [0.3, 0.4) is 0 Å². The number of sulfonamides is 1. The van der Waals surface area contributed by atoms with Gasteiger partial charge in [-0.25, -0.2) is 12.7 Å². The molecule has 2 N–H and O–H groups in total. The van der Waals surface area contributed by atoms with Crippen LogP contribution in [0.25, 0.3) is 0 Å². The number of nitrogens with two attached hydrogens (primary N) is 1. The van der Waals surface area contributed by atoms with Gasteiger partial charge in [0.25, 0.3) is 0 Å². The molecule has 4 nitrogen and oxygen atoms in total. The van der Waals surface area contributed by atoms with E-state index in [1.165, 1.54) is 16.4 Å². The smallest absolute Gasteiger partial charge is 0.242 e. The second-order valence-corrected chi connectivity index (χ2v) is 5.79. The van der Waals surface area contributed by atoms with E-state index in [9.17, 15) is 8.42 Å². The molecule has 0 heterocycles. The first-order valence-electron chi connectivity index (χ1n) is 5.30. The highest BCUT2D eigenvalue weighted by Crippen LogP contribution is 2.16. The Bertz CT molecular complexity index is 426. The summed E-state index contributed by atoms with van der Waals surface area (Å²) in [5.41, 5.74) is 6.08. The summed E-state index contributed by atoms with van der Waals surface area (Å²) >= 11 is 0. The van der Waals surface area contributed by atoms with Gasteiger partial charge < -0.3 is 5.73 Å². The van der Waals surface area contributed by atoms with E-state index in [4.69, 9.17) is 5.73 Å². The molecule has 0 fully saturated rings. The van der Waals surface area contributed by atoms with Crippen LogP contribution in [-0.4, -0.2) is 26.3 Å². The molecule has 16 heavy (non-hydrogen) atoms. The van der Waals surface area contributed by atoms with Crippen LogP contribution < -0.4 is 5.73 Å². The van der Waals surface area contributed by atoms with E-state index in [1.54, 1.807) is 19.2 Å². The van der Waals surface area contributed by atoms with Gasteiger partial charge in [-0.05, 0) is 30.7 Å². The fourth-order valence-corrected chi connectivity index (χ4v) is 2.53. The molecule has 0 atom stereocenters. The first-order chi connectivity index (χ1) is 7.48. The number of hydrogen-bond acceptors (Lipinski definition) is 3. The molecule has 0 aliphatic carbocycles. The Hall–Kier alpha value is -1.07. The minimum Gasteiger partial charge on any atom is -0.399 e. The standard InChI is InChI=1S/C11H18N2O2S/c1-3-4-9-13(2)16(14,15)11-7-5-10(12)6-8-11/h5-8H,3-4,9,12H2,1-2H3. The number of unbranched alkanes of at least 4 members (excludes halogenated alkanes) is 1. The zero-order valence-corrected chi connectivity index (χ0v) is 10.5. The van der Waals surface area contributed by atoms with Gasteiger partial charge in [0, 0.05) is 19.3 Å². The summed E-state index contributed by atoms with van der Waals surface area (Å²) in [7, 11) is -1.75. The van der Waals surface area contributed by atoms with Crippen LogP contribution in [0.2, 0.25) is 0 Å². The molecule has 90 valence electrons. The summed E-state index contributed by atoms with van der Waals surface area (Å²) in [5, 5.41) is 0. The van der Waals surface area contributed by atoms with E-state index in [1.807, 2.05) is 6.92 Å². The maximum absolute atomic E-state index is 12.0. The molecular formula is C11H18N2O2S. The van der Waals surface area contributed by atoms with Crippen LogP contribution in [0, 0.1) is 0 Å². The Kier molecular flexibility index (Phi) is 4.32.